The van der Waals surface area contributed by atoms with E-state index in [1.165, 1.54) is 11.1 Å². The Hall–Kier alpha value is -1.56. The van der Waals surface area contributed by atoms with E-state index in [0.717, 1.165) is 12.8 Å². The Labute approximate surface area is 136 Å². The first-order valence-corrected chi connectivity index (χ1v) is 8.33. The van der Waals surface area contributed by atoms with Crippen LogP contribution in [0.3, 0.4) is 0 Å². The van der Waals surface area contributed by atoms with E-state index in [2.05, 4.69) is 90.1 Å². The molecule has 0 radical (unpaired) electrons. The Morgan fingerprint density at radius 3 is 1.91 bits per heavy atom. The second-order valence-electron chi connectivity index (χ2n) is 8.37. The molecule has 118 valence electrons. The third-order valence-electron chi connectivity index (χ3n) is 4.46. The van der Waals surface area contributed by atoms with Crippen molar-refractivity contribution in [2.45, 2.75) is 54.4 Å². The molecule has 0 fully saturated rings. The summed E-state index contributed by atoms with van der Waals surface area (Å²) in [5.74, 6) is 0. The van der Waals surface area contributed by atoms with Crippen molar-refractivity contribution >= 4 is 6.08 Å². The molecule has 0 amide bonds. The van der Waals surface area contributed by atoms with Crippen LogP contribution in [-0.2, 0) is 6.42 Å². The van der Waals surface area contributed by atoms with Gasteiger partial charge < -0.3 is 0 Å². The molecular weight excluding hydrogens is 264 g/mol. The van der Waals surface area contributed by atoms with Gasteiger partial charge in [-0.1, -0.05) is 101 Å². The third-order valence-corrected chi connectivity index (χ3v) is 4.46. The highest BCUT2D eigenvalue weighted by Crippen LogP contribution is 2.36. The van der Waals surface area contributed by atoms with Crippen molar-refractivity contribution in [1.82, 2.24) is 0 Å². The van der Waals surface area contributed by atoms with Crippen LogP contribution in [0.1, 0.15) is 59.1 Å². The largest absolute Gasteiger partial charge is 0.0804 e. The standard InChI is InChI=1S/C13H16.C9H14/c1-13(2,3)12-8-10-6-4-5-7-11(10)9-12;1-9(2,3)8-6-4-5-7-8/h4-8H,9H2,1-3H3;4-6H,7H2,1-3H3. The summed E-state index contributed by atoms with van der Waals surface area (Å²) in [6.07, 6.45) is 11.2. The third kappa shape index (κ3) is 4.22. The lowest BCUT2D eigenvalue weighted by Gasteiger charge is -2.19. The first-order chi connectivity index (χ1) is 10.2. The SMILES string of the molecule is CC(C)(C)C1=CC=CC1.CC(C)(C)C1=Cc2ccccc2C1. The van der Waals surface area contributed by atoms with E-state index >= 15 is 0 Å². The van der Waals surface area contributed by atoms with Gasteiger partial charge in [0.05, 0.1) is 0 Å². The van der Waals surface area contributed by atoms with Gasteiger partial charge in [-0.05, 0) is 34.8 Å². The molecule has 2 aliphatic carbocycles. The van der Waals surface area contributed by atoms with Crippen molar-refractivity contribution in [2.24, 2.45) is 10.8 Å². The molecule has 0 heterocycles. The summed E-state index contributed by atoms with van der Waals surface area (Å²) in [5.41, 5.74) is 6.68. The average molecular weight is 294 g/mol. The normalized spacial score (nSPS) is 16.6. The van der Waals surface area contributed by atoms with Crippen molar-refractivity contribution in [2.75, 3.05) is 0 Å². The fourth-order valence-electron chi connectivity index (χ4n) is 2.77. The second-order valence-corrected chi connectivity index (χ2v) is 8.37. The van der Waals surface area contributed by atoms with Crippen molar-refractivity contribution in [1.29, 1.82) is 0 Å². The molecule has 0 nitrogen and oxygen atoms in total. The molecule has 0 heteroatoms. The van der Waals surface area contributed by atoms with E-state index in [-0.39, 0.29) is 0 Å². The number of allylic oxidation sites excluding steroid dienone is 5. The average Bonchev–Trinajstić information content (AvgIpc) is 3.07. The molecule has 3 rings (SSSR count). The predicted octanol–water partition coefficient (Wildman–Crippen LogP) is 6.59. The maximum atomic E-state index is 2.34. The van der Waals surface area contributed by atoms with Crippen molar-refractivity contribution in [3.63, 3.8) is 0 Å². The van der Waals surface area contributed by atoms with E-state index < -0.39 is 0 Å². The molecule has 0 bridgehead atoms. The highest BCUT2D eigenvalue weighted by atomic mass is 14.3. The van der Waals surface area contributed by atoms with Gasteiger partial charge in [0.25, 0.3) is 0 Å². The monoisotopic (exact) mass is 294 g/mol. The highest BCUT2D eigenvalue weighted by Gasteiger charge is 2.22. The van der Waals surface area contributed by atoms with E-state index in [0.29, 0.717) is 10.8 Å². The minimum absolute atomic E-state index is 0.318. The number of fused-ring (bicyclic) bond motifs is 1. The first-order valence-electron chi connectivity index (χ1n) is 8.33. The zero-order valence-corrected chi connectivity index (χ0v) is 15.0. The second kappa shape index (κ2) is 6.28. The zero-order chi connectivity index (χ0) is 16.4. The minimum Gasteiger partial charge on any atom is -0.0804 e. The Morgan fingerprint density at radius 2 is 1.45 bits per heavy atom. The van der Waals surface area contributed by atoms with Crippen LogP contribution in [0, 0.1) is 10.8 Å². The summed E-state index contributed by atoms with van der Waals surface area (Å²) in [6, 6.07) is 8.66. The van der Waals surface area contributed by atoms with Crippen LogP contribution in [0.2, 0.25) is 0 Å². The maximum absolute atomic E-state index is 2.34. The molecule has 1 aromatic rings. The van der Waals surface area contributed by atoms with E-state index in [9.17, 15) is 0 Å². The van der Waals surface area contributed by atoms with Crippen LogP contribution in [-0.4, -0.2) is 0 Å². The van der Waals surface area contributed by atoms with Crippen LogP contribution in [0.4, 0.5) is 0 Å². The van der Waals surface area contributed by atoms with Gasteiger partial charge in [-0.3, -0.25) is 0 Å². The van der Waals surface area contributed by atoms with E-state index in [1.807, 2.05) is 0 Å². The fourth-order valence-corrected chi connectivity index (χ4v) is 2.77. The minimum atomic E-state index is 0.318. The van der Waals surface area contributed by atoms with Gasteiger partial charge in [-0.15, -0.1) is 0 Å². The Balaban J connectivity index is 0.000000172. The molecule has 0 aliphatic heterocycles. The van der Waals surface area contributed by atoms with Gasteiger partial charge in [0, 0.05) is 0 Å². The van der Waals surface area contributed by atoms with E-state index in [4.69, 9.17) is 0 Å². The van der Waals surface area contributed by atoms with Gasteiger partial charge in [0.2, 0.25) is 0 Å². The maximum Gasteiger partial charge on any atom is -0.00526 e. The lowest BCUT2D eigenvalue weighted by molar-refractivity contribution is 0.496. The van der Waals surface area contributed by atoms with Crippen molar-refractivity contribution < 1.29 is 0 Å². The lowest BCUT2D eigenvalue weighted by Crippen LogP contribution is -2.08. The van der Waals surface area contributed by atoms with Crippen LogP contribution in [0.15, 0.2) is 53.6 Å². The van der Waals surface area contributed by atoms with Crippen LogP contribution in [0.25, 0.3) is 6.08 Å². The molecule has 2 aliphatic rings. The van der Waals surface area contributed by atoms with Gasteiger partial charge in [-0.2, -0.15) is 0 Å². The predicted molar refractivity (Wildman–Crippen MR) is 98.9 cm³/mol. The smallest absolute Gasteiger partial charge is 0.00526 e. The number of rotatable bonds is 0. The molecule has 0 unspecified atom stereocenters. The fraction of sp³-hybridized carbons (Fsp3) is 0.455. The van der Waals surface area contributed by atoms with Gasteiger partial charge >= 0.3 is 0 Å². The molecule has 0 saturated carbocycles. The molecule has 0 aromatic heterocycles. The van der Waals surface area contributed by atoms with E-state index in [1.54, 1.807) is 11.1 Å². The van der Waals surface area contributed by atoms with Crippen LogP contribution in [0.5, 0.6) is 0 Å². The summed E-state index contributed by atoms with van der Waals surface area (Å²) in [4.78, 5) is 0. The van der Waals surface area contributed by atoms with Crippen molar-refractivity contribution in [3.05, 3.63) is 64.8 Å². The summed E-state index contributed by atoms with van der Waals surface area (Å²) in [5, 5.41) is 0. The molecule has 1 aromatic carbocycles. The van der Waals surface area contributed by atoms with Gasteiger partial charge in [-0.25, -0.2) is 0 Å². The molecule has 0 N–H and O–H groups in total. The Kier molecular flexibility index (Phi) is 4.80. The van der Waals surface area contributed by atoms with Crippen LogP contribution >= 0.6 is 0 Å². The molecule has 0 spiro atoms. The molecule has 0 atom stereocenters. The number of hydrogen-bond donors (Lipinski definition) is 0. The highest BCUT2D eigenvalue weighted by molar-refractivity contribution is 5.64. The summed E-state index contributed by atoms with van der Waals surface area (Å²) >= 11 is 0. The first kappa shape index (κ1) is 16.8. The quantitative estimate of drug-likeness (QED) is 0.506. The zero-order valence-electron chi connectivity index (χ0n) is 15.0. The summed E-state index contributed by atoms with van der Waals surface area (Å²) in [7, 11) is 0. The summed E-state index contributed by atoms with van der Waals surface area (Å²) in [6.45, 7) is 13.6. The number of hydrogen-bond acceptors (Lipinski definition) is 0. The Morgan fingerprint density at radius 1 is 0.818 bits per heavy atom. The molecular formula is C22H30. The van der Waals surface area contributed by atoms with Gasteiger partial charge in [0.15, 0.2) is 0 Å². The van der Waals surface area contributed by atoms with Crippen molar-refractivity contribution in [3.8, 4) is 0 Å². The number of benzene rings is 1. The molecule has 22 heavy (non-hydrogen) atoms. The summed E-state index contributed by atoms with van der Waals surface area (Å²) < 4.78 is 0. The van der Waals surface area contributed by atoms with Crippen LogP contribution < -0.4 is 0 Å². The Bertz CT molecular complexity index is 610. The topological polar surface area (TPSA) is 0 Å². The van der Waals surface area contributed by atoms with Gasteiger partial charge in [0.1, 0.15) is 0 Å². The molecule has 0 saturated heterocycles. The lowest BCUT2D eigenvalue weighted by atomic mass is 9.85.